The lowest BCUT2D eigenvalue weighted by atomic mass is 10.1. The number of nitrogens with one attached hydrogen (secondary N) is 1. The molecule has 0 radical (unpaired) electrons. The highest BCUT2D eigenvalue weighted by atomic mass is 79.9. The second-order valence-electron chi connectivity index (χ2n) is 5.55. The van der Waals surface area contributed by atoms with Gasteiger partial charge in [0.2, 0.25) is 0 Å². The summed E-state index contributed by atoms with van der Waals surface area (Å²) in [4.78, 5) is 19.5. The molecule has 4 rings (SSSR count). The first-order chi connectivity index (χ1) is 12.2. The van der Waals surface area contributed by atoms with Gasteiger partial charge >= 0.3 is 0 Å². The van der Waals surface area contributed by atoms with Crippen LogP contribution in [0, 0.1) is 0 Å². The van der Waals surface area contributed by atoms with Gasteiger partial charge in [0.05, 0.1) is 18.8 Å². The summed E-state index contributed by atoms with van der Waals surface area (Å²) in [6.45, 7) is 0. The molecule has 5 nitrogen and oxygen atoms in total. The molecule has 2 aromatic carbocycles. The van der Waals surface area contributed by atoms with Crippen molar-refractivity contribution in [3.8, 4) is 22.6 Å². The van der Waals surface area contributed by atoms with Crippen molar-refractivity contribution >= 4 is 27.0 Å². The van der Waals surface area contributed by atoms with Crippen molar-refractivity contribution in [1.82, 2.24) is 14.5 Å². The van der Waals surface area contributed by atoms with Crippen molar-refractivity contribution in [2.75, 3.05) is 7.11 Å². The fourth-order valence-electron chi connectivity index (χ4n) is 2.86. The number of H-pyrrole nitrogens is 1. The minimum Gasteiger partial charge on any atom is -0.497 e. The highest BCUT2D eigenvalue weighted by Gasteiger charge is 2.15. The zero-order valence-corrected chi connectivity index (χ0v) is 14.9. The molecule has 2 aromatic heterocycles. The predicted molar refractivity (Wildman–Crippen MR) is 101 cm³/mol. The van der Waals surface area contributed by atoms with Crippen LogP contribution < -0.4 is 10.3 Å². The maximum Gasteiger partial charge on any atom is 0.260 e. The van der Waals surface area contributed by atoms with E-state index in [1.165, 1.54) is 6.33 Å². The molecule has 2 heterocycles. The Hall–Kier alpha value is -2.86. The van der Waals surface area contributed by atoms with Gasteiger partial charge in [-0.2, -0.15) is 0 Å². The summed E-state index contributed by atoms with van der Waals surface area (Å²) in [7, 11) is 1.63. The molecule has 0 spiro atoms. The van der Waals surface area contributed by atoms with E-state index in [-0.39, 0.29) is 5.56 Å². The number of fused-ring (bicyclic) bond motifs is 1. The average molecular weight is 396 g/mol. The van der Waals surface area contributed by atoms with Crippen molar-refractivity contribution in [1.29, 1.82) is 0 Å². The maximum absolute atomic E-state index is 12.5. The summed E-state index contributed by atoms with van der Waals surface area (Å²) >= 11 is 3.44. The summed E-state index contributed by atoms with van der Waals surface area (Å²) in [5.74, 6) is 0.771. The molecule has 0 aliphatic heterocycles. The first-order valence-electron chi connectivity index (χ1n) is 7.66. The number of aromatic nitrogens is 3. The number of nitrogens with zero attached hydrogens (tertiary/aromatic N) is 2. The molecular weight excluding hydrogens is 382 g/mol. The molecule has 0 bridgehead atoms. The van der Waals surface area contributed by atoms with Crippen LogP contribution in [0.5, 0.6) is 5.75 Å². The SMILES string of the molecule is COc1ccc(-c2cn(-c3ccc(Br)cc3)c3nc[nH]c(=O)c23)cc1. The van der Waals surface area contributed by atoms with E-state index in [1.807, 2.05) is 59.3 Å². The van der Waals surface area contributed by atoms with E-state index in [1.54, 1.807) is 7.11 Å². The van der Waals surface area contributed by atoms with Gasteiger partial charge in [-0.3, -0.25) is 4.79 Å². The van der Waals surface area contributed by atoms with E-state index in [0.29, 0.717) is 11.0 Å². The smallest absolute Gasteiger partial charge is 0.260 e. The summed E-state index contributed by atoms with van der Waals surface area (Å²) in [6.07, 6.45) is 3.37. The van der Waals surface area contributed by atoms with Gasteiger partial charge in [0, 0.05) is 21.9 Å². The van der Waals surface area contributed by atoms with Gasteiger partial charge in [-0.15, -0.1) is 0 Å². The van der Waals surface area contributed by atoms with Crippen LogP contribution in [-0.4, -0.2) is 21.6 Å². The minimum absolute atomic E-state index is 0.160. The Labute approximate surface area is 152 Å². The Morgan fingerprint density at radius 1 is 1.08 bits per heavy atom. The topological polar surface area (TPSA) is 59.9 Å². The van der Waals surface area contributed by atoms with Crippen molar-refractivity contribution < 1.29 is 4.74 Å². The zero-order valence-electron chi connectivity index (χ0n) is 13.4. The van der Waals surface area contributed by atoms with Gasteiger partial charge in [0.25, 0.3) is 5.56 Å². The molecule has 0 aliphatic carbocycles. The number of methoxy groups -OCH3 is 1. The van der Waals surface area contributed by atoms with E-state index in [2.05, 4.69) is 25.9 Å². The molecule has 124 valence electrons. The van der Waals surface area contributed by atoms with Crippen molar-refractivity contribution in [2.45, 2.75) is 0 Å². The summed E-state index contributed by atoms with van der Waals surface area (Å²) in [5, 5.41) is 0.565. The second kappa shape index (κ2) is 6.22. The van der Waals surface area contributed by atoms with Crippen LogP contribution in [-0.2, 0) is 0 Å². The summed E-state index contributed by atoms with van der Waals surface area (Å²) in [5.41, 5.74) is 3.16. The molecule has 25 heavy (non-hydrogen) atoms. The summed E-state index contributed by atoms with van der Waals surface area (Å²) < 4.78 is 8.13. The standard InChI is InChI=1S/C19H14BrN3O2/c1-25-15-8-2-12(3-9-15)16-10-23(14-6-4-13(20)5-7-14)18-17(16)19(24)22-11-21-18/h2-11H,1H3,(H,21,22,24). The molecule has 0 saturated heterocycles. The fraction of sp³-hybridized carbons (Fsp3) is 0.0526. The normalized spacial score (nSPS) is 11.0. The van der Waals surface area contributed by atoms with E-state index < -0.39 is 0 Å². The largest absolute Gasteiger partial charge is 0.497 e. The molecule has 0 amide bonds. The zero-order chi connectivity index (χ0) is 17.4. The van der Waals surface area contributed by atoms with E-state index in [0.717, 1.165) is 27.0 Å². The third kappa shape index (κ3) is 2.74. The molecule has 0 fully saturated rings. The van der Waals surface area contributed by atoms with Crippen LogP contribution in [0.4, 0.5) is 0 Å². The number of halogens is 1. The third-order valence-electron chi connectivity index (χ3n) is 4.09. The fourth-order valence-corrected chi connectivity index (χ4v) is 3.12. The Morgan fingerprint density at radius 3 is 2.48 bits per heavy atom. The monoisotopic (exact) mass is 395 g/mol. The maximum atomic E-state index is 12.5. The molecule has 4 aromatic rings. The Bertz CT molecular complexity index is 1100. The van der Waals surface area contributed by atoms with E-state index in [9.17, 15) is 4.79 Å². The minimum atomic E-state index is -0.160. The molecule has 0 atom stereocenters. The highest BCUT2D eigenvalue weighted by Crippen LogP contribution is 2.30. The van der Waals surface area contributed by atoms with Crippen LogP contribution in [0.2, 0.25) is 0 Å². The van der Waals surface area contributed by atoms with Gasteiger partial charge < -0.3 is 14.3 Å². The first-order valence-corrected chi connectivity index (χ1v) is 8.46. The van der Waals surface area contributed by atoms with Gasteiger partial charge in [-0.05, 0) is 42.0 Å². The Morgan fingerprint density at radius 2 is 1.80 bits per heavy atom. The number of ether oxygens (including phenoxy) is 1. The van der Waals surface area contributed by atoms with Crippen LogP contribution in [0.3, 0.4) is 0 Å². The third-order valence-corrected chi connectivity index (χ3v) is 4.62. The number of aromatic amines is 1. The van der Waals surface area contributed by atoms with Crippen molar-refractivity contribution in [3.63, 3.8) is 0 Å². The molecule has 1 N–H and O–H groups in total. The lowest BCUT2D eigenvalue weighted by molar-refractivity contribution is 0.415. The quantitative estimate of drug-likeness (QED) is 0.566. The van der Waals surface area contributed by atoms with Gasteiger partial charge in [-0.1, -0.05) is 28.1 Å². The number of hydrogen-bond donors (Lipinski definition) is 1. The van der Waals surface area contributed by atoms with Crippen LogP contribution in [0.1, 0.15) is 0 Å². The number of hydrogen-bond acceptors (Lipinski definition) is 3. The number of benzene rings is 2. The Kier molecular flexibility index (Phi) is 3.89. The lowest BCUT2D eigenvalue weighted by Crippen LogP contribution is -2.07. The van der Waals surface area contributed by atoms with E-state index in [4.69, 9.17) is 4.74 Å². The predicted octanol–water partition coefficient (Wildman–Crippen LogP) is 4.15. The molecular formula is C19H14BrN3O2. The van der Waals surface area contributed by atoms with E-state index >= 15 is 0 Å². The molecule has 6 heteroatoms. The molecule has 0 saturated carbocycles. The van der Waals surface area contributed by atoms with Crippen LogP contribution >= 0.6 is 15.9 Å². The van der Waals surface area contributed by atoms with Gasteiger partial charge in [-0.25, -0.2) is 4.98 Å². The molecule has 0 aliphatic rings. The highest BCUT2D eigenvalue weighted by molar-refractivity contribution is 9.10. The average Bonchev–Trinajstić information content (AvgIpc) is 3.03. The second-order valence-corrected chi connectivity index (χ2v) is 6.46. The van der Waals surface area contributed by atoms with Crippen molar-refractivity contribution in [2.24, 2.45) is 0 Å². The van der Waals surface area contributed by atoms with Crippen molar-refractivity contribution in [3.05, 3.63) is 75.9 Å². The van der Waals surface area contributed by atoms with Crippen LogP contribution in [0.25, 0.3) is 27.8 Å². The summed E-state index contributed by atoms with van der Waals surface area (Å²) in [6, 6.07) is 15.5. The van der Waals surface area contributed by atoms with Gasteiger partial charge in [0.15, 0.2) is 5.65 Å². The lowest BCUT2D eigenvalue weighted by Gasteiger charge is -2.04. The number of rotatable bonds is 3. The first kappa shape index (κ1) is 15.7. The molecule has 0 unspecified atom stereocenters. The van der Waals surface area contributed by atoms with Crippen LogP contribution in [0.15, 0.2) is 70.3 Å². The Balaban J connectivity index is 1.98. The van der Waals surface area contributed by atoms with Gasteiger partial charge in [0.1, 0.15) is 5.75 Å².